The van der Waals surface area contributed by atoms with Crippen molar-refractivity contribution in [2.24, 2.45) is 5.41 Å². The van der Waals surface area contributed by atoms with Gasteiger partial charge in [-0.2, -0.15) is 0 Å². The number of hydrogen-bond donors (Lipinski definition) is 2. The second-order valence-corrected chi connectivity index (χ2v) is 4.83. The molecule has 0 heterocycles. The first kappa shape index (κ1) is 18.1. The van der Waals surface area contributed by atoms with Crippen LogP contribution in [0, 0.1) is 5.41 Å². The van der Waals surface area contributed by atoms with Crippen LogP contribution in [0.1, 0.15) is 27.2 Å². The average molecular weight is 253 g/mol. The van der Waals surface area contributed by atoms with Crippen molar-refractivity contribution in [3.63, 3.8) is 0 Å². The first-order valence-electron chi connectivity index (χ1n) is 5.42. The van der Waals surface area contributed by atoms with Crippen LogP contribution in [-0.4, -0.2) is 39.3 Å². The van der Waals surface area contributed by atoms with E-state index in [0.29, 0.717) is 19.6 Å². The van der Waals surface area contributed by atoms with Crippen LogP contribution in [0.3, 0.4) is 0 Å². The standard InChI is InChI=1S/C11H24N2O2.ClH/c1-11(2,3)9-10(14)13-6-5-12-7-8-15-4;/h12H,5-9H2,1-4H3,(H,13,14);1H. The third-order valence-electron chi connectivity index (χ3n) is 1.80. The lowest BCUT2D eigenvalue weighted by molar-refractivity contribution is -0.122. The molecule has 0 aromatic heterocycles. The third kappa shape index (κ3) is 13.7. The first-order chi connectivity index (χ1) is 6.95. The molecule has 0 rings (SSSR count). The van der Waals surface area contributed by atoms with E-state index in [9.17, 15) is 4.79 Å². The summed E-state index contributed by atoms with van der Waals surface area (Å²) in [5.74, 6) is 0.121. The monoisotopic (exact) mass is 252 g/mol. The molecule has 0 aliphatic heterocycles. The van der Waals surface area contributed by atoms with Gasteiger partial charge in [0.1, 0.15) is 0 Å². The van der Waals surface area contributed by atoms with Gasteiger partial charge in [-0.05, 0) is 5.41 Å². The number of rotatable bonds is 7. The predicted molar refractivity (Wildman–Crippen MR) is 69.1 cm³/mol. The molecule has 0 radical (unpaired) electrons. The molecule has 1 amide bonds. The summed E-state index contributed by atoms with van der Waals surface area (Å²) >= 11 is 0. The molecule has 4 nitrogen and oxygen atoms in total. The van der Waals surface area contributed by atoms with Crippen LogP contribution < -0.4 is 10.6 Å². The minimum absolute atomic E-state index is 0. The van der Waals surface area contributed by atoms with E-state index in [2.05, 4.69) is 31.4 Å². The Morgan fingerprint density at radius 3 is 2.31 bits per heavy atom. The first-order valence-corrected chi connectivity index (χ1v) is 5.42. The van der Waals surface area contributed by atoms with Crippen molar-refractivity contribution in [3.8, 4) is 0 Å². The zero-order valence-electron chi connectivity index (χ0n) is 10.8. The number of ether oxygens (including phenoxy) is 1. The SMILES string of the molecule is COCCNCCNC(=O)CC(C)(C)C.Cl. The molecule has 0 unspecified atom stereocenters. The van der Waals surface area contributed by atoms with Crippen LogP contribution in [0.15, 0.2) is 0 Å². The summed E-state index contributed by atoms with van der Waals surface area (Å²) in [6.07, 6.45) is 0.574. The molecule has 0 atom stereocenters. The maximum absolute atomic E-state index is 11.4. The summed E-state index contributed by atoms with van der Waals surface area (Å²) in [5, 5.41) is 6.04. The van der Waals surface area contributed by atoms with Gasteiger partial charge in [0, 0.05) is 33.2 Å². The number of nitrogens with one attached hydrogen (secondary N) is 2. The van der Waals surface area contributed by atoms with Crippen molar-refractivity contribution in [1.29, 1.82) is 0 Å². The van der Waals surface area contributed by atoms with Gasteiger partial charge in [-0.25, -0.2) is 0 Å². The van der Waals surface area contributed by atoms with E-state index >= 15 is 0 Å². The van der Waals surface area contributed by atoms with E-state index in [0.717, 1.165) is 13.1 Å². The molecule has 0 aromatic carbocycles. The van der Waals surface area contributed by atoms with Crippen molar-refractivity contribution in [2.75, 3.05) is 33.4 Å². The van der Waals surface area contributed by atoms with Crippen molar-refractivity contribution in [1.82, 2.24) is 10.6 Å². The smallest absolute Gasteiger partial charge is 0.220 e. The summed E-state index contributed by atoms with van der Waals surface area (Å²) in [6, 6.07) is 0. The van der Waals surface area contributed by atoms with E-state index in [1.165, 1.54) is 0 Å². The maximum atomic E-state index is 11.4. The van der Waals surface area contributed by atoms with Gasteiger partial charge in [0.2, 0.25) is 5.91 Å². The number of amides is 1. The molecule has 0 aromatic rings. The van der Waals surface area contributed by atoms with Gasteiger partial charge in [-0.15, -0.1) is 12.4 Å². The number of hydrogen-bond acceptors (Lipinski definition) is 3. The van der Waals surface area contributed by atoms with Crippen LogP contribution in [0.25, 0.3) is 0 Å². The second-order valence-electron chi connectivity index (χ2n) is 4.83. The van der Waals surface area contributed by atoms with Gasteiger partial charge in [0.25, 0.3) is 0 Å². The molecule has 98 valence electrons. The fourth-order valence-corrected chi connectivity index (χ4v) is 1.13. The van der Waals surface area contributed by atoms with E-state index < -0.39 is 0 Å². The lowest BCUT2D eigenvalue weighted by Gasteiger charge is -2.17. The van der Waals surface area contributed by atoms with Gasteiger partial charge in [0.05, 0.1) is 6.61 Å². The fraction of sp³-hybridized carbons (Fsp3) is 0.909. The van der Waals surface area contributed by atoms with Crippen molar-refractivity contribution >= 4 is 18.3 Å². The lowest BCUT2D eigenvalue weighted by atomic mass is 9.92. The molecule has 0 aliphatic carbocycles. The van der Waals surface area contributed by atoms with Gasteiger partial charge >= 0.3 is 0 Å². The minimum Gasteiger partial charge on any atom is -0.383 e. The molecule has 2 N–H and O–H groups in total. The minimum atomic E-state index is 0. The molecular formula is C11H25ClN2O2. The van der Waals surface area contributed by atoms with E-state index in [-0.39, 0.29) is 23.7 Å². The quantitative estimate of drug-likeness (QED) is 0.670. The molecule has 0 saturated carbocycles. The summed E-state index contributed by atoms with van der Waals surface area (Å²) in [7, 11) is 1.67. The largest absolute Gasteiger partial charge is 0.383 e. The van der Waals surface area contributed by atoms with Crippen molar-refractivity contribution < 1.29 is 9.53 Å². The Kier molecular flexibility index (Phi) is 11.1. The zero-order valence-corrected chi connectivity index (χ0v) is 11.6. The van der Waals surface area contributed by atoms with Crippen LogP contribution in [0.2, 0.25) is 0 Å². The lowest BCUT2D eigenvalue weighted by Crippen LogP contribution is -2.34. The molecule has 0 fully saturated rings. The van der Waals surface area contributed by atoms with E-state index in [1.54, 1.807) is 7.11 Å². The Hall–Kier alpha value is -0.320. The second kappa shape index (κ2) is 9.87. The average Bonchev–Trinajstić information content (AvgIpc) is 2.08. The van der Waals surface area contributed by atoms with Gasteiger partial charge in [-0.1, -0.05) is 20.8 Å². The van der Waals surface area contributed by atoms with Crippen molar-refractivity contribution in [2.45, 2.75) is 27.2 Å². The Labute approximate surface area is 105 Å². The summed E-state index contributed by atoms with van der Waals surface area (Å²) in [5.41, 5.74) is 0.0631. The Balaban J connectivity index is 0. The summed E-state index contributed by atoms with van der Waals surface area (Å²) < 4.78 is 4.89. The van der Waals surface area contributed by atoms with E-state index in [4.69, 9.17) is 4.74 Å². The highest BCUT2D eigenvalue weighted by molar-refractivity contribution is 5.85. The zero-order chi connectivity index (χ0) is 11.7. The topological polar surface area (TPSA) is 50.4 Å². The van der Waals surface area contributed by atoms with Crippen LogP contribution in [0.4, 0.5) is 0 Å². The van der Waals surface area contributed by atoms with Crippen LogP contribution in [0.5, 0.6) is 0 Å². The highest BCUT2D eigenvalue weighted by Crippen LogP contribution is 2.17. The molecule has 0 aliphatic rings. The normalized spacial score (nSPS) is 10.8. The summed E-state index contributed by atoms with van der Waals surface area (Å²) in [6.45, 7) is 9.18. The number of carbonyl (C=O) groups excluding carboxylic acids is 1. The molecule has 0 spiro atoms. The van der Waals surface area contributed by atoms with Crippen LogP contribution in [-0.2, 0) is 9.53 Å². The number of carbonyl (C=O) groups is 1. The predicted octanol–water partition coefficient (Wildman–Crippen LogP) is 1.20. The van der Waals surface area contributed by atoms with Gasteiger partial charge in [-0.3, -0.25) is 4.79 Å². The highest BCUT2D eigenvalue weighted by Gasteiger charge is 2.14. The maximum Gasteiger partial charge on any atom is 0.220 e. The molecular weight excluding hydrogens is 228 g/mol. The molecule has 16 heavy (non-hydrogen) atoms. The third-order valence-corrected chi connectivity index (χ3v) is 1.80. The molecule has 0 saturated heterocycles. The number of methoxy groups -OCH3 is 1. The Morgan fingerprint density at radius 2 is 1.81 bits per heavy atom. The molecule has 0 bridgehead atoms. The van der Waals surface area contributed by atoms with Gasteiger partial charge < -0.3 is 15.4 Å². The van der Waals surface area contributed by atoms with Gasteiger partial charge in [0.15, 0.2) is 0 Å². The van der Waals surface area contributed by atoms with E-state index in [1.807, 2.05) is 0 Å². The highest BCUT2D eigenvalue weighted by atomic mass is 35.5. The fourth-order valence-electron chi connectivity index (χ4n) is 1.13. The Bertz CT molecular complexity index is 181. The van der Waals surface area contributed by atoms with Crippen molar-refractivity contribution in [3.05, 3.63) is 0 Å². The Morgan fingerprint density at radius 1 is 1.19 bits per heavy atom. The number of halogens is 1. The summed E-state index contributed by atoms with van der Waals surface area (Å²) in [4.78, 5) is 11.4. The molecule has 5 heteroatoms. The van der Waals surface area contributed by atoms with Crippen LogP contribution >= 0.6 is 12.4 Å².